The third-order valence-corrected chi connectivity index (χ3v) is 4.48. The number of unbranched alkanes of at least 4 members (excludes halogenated alkanes) is 13. The number of rotatable bonds is 19. The van der Waals surface area contributed by atoms with E-state index in [-0.39, 0.29) is 0 Å². The van der Waals surface area contributed by atoms with Gasteiger partial charge in [0, 0.05) is 13.0 Å². The van der Waals surface area contributed by atoms with Crippen molar-refractivity contribution in [1.82, 2.24) is 5.32 Å². The molecule has 0 heterocycles. The van der Waals surface area contributed by atoms with Gasteiger partial charge in [-0.05, 0) is 13.0 Å². The van der Waals surface area contributed by atoms with E-state index >= 15 is 0 Å². The van der Waals surface area contributed by atoms with Gasteiger partial charge in [-0.1, -0.05) is 103 Å². The number of nitrogens with one attached hydrogen (secondary N) is 1. The van der Waals surface area contributed by atoms with Gasteiger partial charge in [0.2, 0.25) is 0 Å². The maximum Gasteiger partial charge on any atom is 0.154 e. The zero-order chi connectivity index (χ0) is 17.7. The van der Waals surface area contributed by atoms with Gasteiger partial charge in [0.1, 0.15) is 0 Å². The average molecular weight is 342 g/mol. The highest BCUT2D eigenvalue weighted by molar-refractivity contribution is 4.84. The fraction of sp³-hybridized carbons (Fsp3) is 0.905. The molecule has 0 bridgehead atoms. The minimum absolute atomic E-state index is 0.320. The van der Waals surface area contributed by atoms with Crippen LogP contribution in [0.3, 0.4) is 0 Å². The molecule has 0 fully saturated rings. The highest BCUT2D eigenvalue weighted by atomic mass is 16.5. The van der Waals surface area contributed by atoms with Gasteiger partial charge in [0.05, 0.1) is 0 Å². The van der Waals surface area contributed by atoms with Crippen LogP contribution in [0.2, 0.25) is 0 Å². The molecule has 0 aromatic heterocycles. The van der Waals surface area contributed by atoms with Gasteiger partial charge in [-0.15, -0.1) is 0 Å². The Morgan fingerprint density at radius 3 is 1.58 bits per heavy atom. The van der Waals surface area contributed by atoms with Gasteiger partial charge in [-0.3, -0.25) is 0 Å². The molecule has 144 valence electrons. The Kier molecular flexibility index (Phi) is 20.3. The maximum absolute atomic E-state index is 8.68. The van der Waals surface area contributed by atoms with E-state index in [0.29, 0.717) is 6.42 Å². The second kappa shape index (κ2) is 20.7. The predicted molar refractivity (Wildman–Crippen MR) is 105 cm³/mol. The third kappa shape index (κ3) is 21.6. The average Bonchev–Trinajstić information content (AvgIpc) is 2.56. The summed E-state index contributed by atoms with van der Waals surface area (Å²) in [4.78, 5) is 0. The van der Waals surface area contributed by atoms with Crippen molar-refractivity contribution in [2.24, 2.45) is 0 Å². The van der Waals surface area contributed by atoms with E-state index in [4.69, 9.17) is 10.2 Å². The van der Waals surface area contributed by atoms with Crippen LogP contribution < -0.4 is 5.32 Å². The molecule has 0 aliphatic heterocycles. The van der Waals surface area contributed by atoms with E-state index in [9.17, 15) is 0 Å². The summed E-state index contributed by atoms with van der Waals surface area (Å²) in [6.07, 6.45) is 22.5. The molecule has 0 amide bonds. The standard InChI is InChI=1S/C21H43NO2/c1-2-3-4-5-6-7-8-9-10-11-12-13-14-16-19-22-20-17-15-18-21(23)24/h15,17,21-24H,2-14,16,18-20H2,1H3. The summed E-state index contributed by atoms with van der Waals surface area (Å²) in [5.41, 5.74) is 0. The molecule has 0 unspecified atom stereocenters. The lowest BCUT2D eigenvalue weighted by molar-refractivity contribution is -0.0361. The van der Waals surface area contributed by atoms with Crippen molar-refractivity contribution in [3.05, 3.63) is 12.2 Å². The molecule has 3 N–H and O–H groups in total. The Morgan fingerprint density at radius 2 is 1.12 bits per heavy atom. The molecular weight excluding hydrogens is 298 g/mol. The molecule has 0 spiro atoms. The Labute approximate surface area is 150 Å². The third-order valence-electron chi connectivity index (χ3n) is 4.48. The van der Waals surface area contributed by atoms with Gasteiger partial charge < -0.3 is 15.5 Å². The second-order valence-electron chi connectivity index (χ2n) is 6.99. The Morgan fingerprint density at radius 1 is 0.667 bits per heavy atom. The smallest absolute Gasteiger partial charge is 0.154 e. The summed E-state index contributed by atoms with van der Waals surface area (Å²) in [5.74, 6) is 0. The van der Waals surface area contributed by atoms with E-state index in [1.54, 1.807) is 0 Å². The quantitative estimate of drug-likeness (QED) is 0.169. The molecule has 0 saturated heterocycles. The Balaban J connectivity index is 3.01. The van der Waals surface area contributed by atoms with Crippen LogP contribution in [0.15, 0.2) is 12.2 Å². The Hall–Kier alpha value is -0.380. The fourth-order valence-corrected chi connectivity index (χ4v) is 2.93. The van der Waals surface area contributed by atoms with Crippen LogP contribution in [-0.2, 0) is 0 Å². The van der Waals surface area contributed by atoms with Crippen molar-refractivity contribution in [3.8, 4) is 0 Å². The molecule has 0 atom stereocenters. The zero-order valence-electron chi connectivity index (χ0n) is 16.1. The van der Waals surface area contributed by atoms with Gasteiger partial charge in [0.15, 0.2) is 6.29 Å². The first-order valence-electron chi connectivity index (χ1n) is 10.5. The molecule has 3 nitrogen and oxygen atoms in total. The SMILES string of the molecule is CCCCCCCCCCCCCCCCNCC=CCC(O)O. The normalized spacial score (nSPS) is 11.8. The zero-order valence-corrected chi connectivity index (χ0v) is 16.1. The molecule has 0 radical (unpaired) electrons. The molecule has 24 heavy (non-hydrogen) atoms. The first-order chi connectivity index (χ1) is 11.8. The summed E-state index contributed by atoms with van der Waals surface area (Å²) in [6.45, 7) is 4.16. The molecule has 0 aromatic carbocycles. The largest absolute Gasteiger partial charge is 0.368 e. The predicted octanol–water partition coefficient (Wildman–Crippen LogP) is 5.31. The lowest BCUT2D eigenvalue weighted by Crippen LogP contribution is -2.15. The molecule has 0 saturated carbocycles. The summed E-state index contributed by atoms with van der Waals surface area (Å²) < 4.78 is 0. The van der Waals surface area contributed by atoms with Crippen LogP contribution >= 0.6 is 0 Å². The van der Waals surface area contributed by atoms with Gasteiger partial charge >= 0.3 is 0 Å². The van der Waals surface area contributed by atoms with Crippen molar-refractivity contribution in [1.29, 1.82) is 0 Å². The number of aliphatic hydroxyl groups is 2. The highest BCUT2D eigenvalue weighted by Crippen LogP contribution is 2.12. The fourth-order valence-electron chi connectivity index (χ4n) is 2.93. The molecule has 0 aliphatic carbocycles. The molecule has 0 aliphatic rings. The molecule has 0 rings (SSSR count). The first-order valence-corrected chi connectivity index (χ1v) is 10.5. The number of hydrogen-bond donors (Lipinski definition) is 3. The first kappa shape index (κ1) is 23.6. The van der Waals surface area contributed by atoms with Crippen LogP contribution in [0, 0.1) is 0 Å². The van der Waals surface area contributed by atoms with E-state index in [1.165, 1.54) is 89.9 Å². The highest BCUT2D eigenvalue weighted by Gasteiger charge is 1.94. The van der Waals surface area contributed by atoms with Crippen molar-refractivity contribution in [3.63, 3.8) is 0 Å². The van der Waals surface area contributed by atoms with E-state index in [0.717, 1.165) is 13.1 Å². The molecule has 3 heteroatoms. The van der Waals surface area contributed by atoms with E-state index in [1.807, 2.05) is 12.2 Å². The van der Waals surface area contributed by atoms with Gasteiger partial charge in [0.25, 0.3) is 0 Å². The van der Waals surface area contributed by atoms with E-state index in [2.05, 4.69) is 12.2 Å². The van der Waals surface area contributed by atoms with Crippen molar-refractivity contribution < 1.29 is 10.2 Å². The minimum Gasteiger partial charge on any atom is -0.368 e. The number of hydrogen-bond acceptors (Lipinski definition) is 3. The van der Waals surface area contributed by atoms with Gasteiger partial charge in [-0.2, -0.15) is 0 Å². The van der Waals surface area contributed by atoms with Crippen LogP contribution in [0.25, 0.3) is 0 Å². The topological polar surface area (TPSA) is 52.5 Å². The Bertz CT molecular complexity index is 254. The van der Waals surface area contributed by atoms with E-state index < -0.39 is 6.29 Å². The van der Waals surface area contributed by atoms with Gasteiger partial charge in [-0.25, -0.2) is 0 Å². The summed E-state index contributed by atoms with van der Waals surface area (Å²) in [7, 11) is 0. The monoisotopic (exact) mass is 341 g/mol. The molecule has 0 aromatic rings. The summed E-state index contributed by atoms with van der Waals surface area (Å²) >= 11 is 0. The lowest BCUT2D eigenvalue weighted by Gasteiger charge is -2.04. The second-order valence-corrected chi connectivity index (χ2v) is 6.99. The van der Waals surface area contributed by atoms with Crippen LogP contribution in [0.1, 0.15) is 103 Å². The van der Waals surface area contributed by atoms with Crippen molar-refractivity contribution in [2.45, 2.75) is 110 Å². The lowest BCUT2D eigenvalue weighted by atomic mass is 10.0. The molecular formula is C21H43NO2. The minimum atomic E-state index is -1.22. The van der Waals surface area contributed by atoms with Crippen LogP contribution in [-0.4, -0.2) is 29.6 Å². The van der Waals surface area contributed by atoms with Crippen LogP contribution in [0.5, 0.6) is 0 Å². The maximum atomic E-state index is 8.68. The summed E-state index contributed by atoms with van der Waals surface area (Å²) in [5, 5.41) is 20.7. The van der Waals surface area contributed by atoms with Crippen LogP contribution in [0.4, 0.5) is 0 Å². The van der Waals surface area contributed by atoms with Crippen molar-refractivity contribution >= 4 is 0 Å². The summed E-state index contributed by atoms with van der Waals surface area (Å²) in [6, 6.07) is 0. The van der Waals surface area contributed by atoms with Crippen molar-refractivity contribution in [2.75, 3.05) is 13.1 Å². The number of aliphatic hydroxyl groups excluding tert-OH is 1.